The Kier molecular flexibility index (Phi) is 4.71. The van der Waals surface area contributed by atoms with Crippen LogP contribution in [0.3, 0.4) is 0 Å². The summed E-state index contributed by atoms with van der Waals surface area (Å²) in [6, 6.07) is 3.64. The first-order valence-corrected chi connectivity index (χ1v) is 6.52. The number of hydrogen-bond acceptors (Lipinski definition) is 5. The standard InChI is InChI=1S/C12H12ClN3O5/c13-7-3-4-8(9(6-7)16(19)20)11(17)14-15-12(18)10-2-1-5-21-10/h3-4,6,10H,1-2,5H2,(H,14,17)(H,15,18). The van der Waals surface area contributed by atoms with E-state index in [4.69, 9.17) is 16.3 Å². The van der Waals surface area contributed by atoms with Crippen molar-refractivity contribution in [2.24, 2.45) is 0 Å². The Morgan fingerprint density at radius 1 is 1.38 bits per heavy atom. The summed E-state index contributed by atoms with van der Waals surface area (Å²) in [7, 11) is 0. The number of nitro groups is 1. The Balaban J connectivity index is 2.03. The van der Waals surface area contributed by atoms with Crippen molar-refractivity contribution >= 4 is 29.1 Å². The first kappa shape index (κ1) is 15.2. The third-order valence-electron chi connectivity index (χ3n) is 2.92. The van der Waals surface area contributed by atoms with Gasteiger partial charge in [-0.1, -0.05) is 11.6 Å². The summed E-state index contributed by atoms with van der Waals surface area (Å²) >= 11 is 5.66. The predicted octanol–water partition coefficient (Wildman–Crippen LogP) is 1.19. The minimum Gasteiger partial charge on any atom is -0.368 e. The molecule has 0 spiro atoms. The van der Waals surface area contributed by atoms with E-state index in [-0.39, 0.29) is 10.6 Å². The van der Waals surface area contributed by atoms with Crippen LogP contribution in [0.25, 0.3) is 0 Å². The van der Waals surface area contributed by atoms with Gasteiger partial charge >= 0.3 is 0 Å². The SMILES string of the molecule is O=C(NNC(=O)C1CCCO1)c1ccc(Cl)cc1[N+](=O)[O-]. The first-order valence-electron chi connectivity index (χ1n) is 6.15. The molecule has 8 nitrogen and oxygen atoms in total. The molecule has 2 amide bonds. The van der Waals surface area contributed by atoms with E-state index >= 15 is 0 Å². The molecule has 1 unspecified atom stereocenters. The first-order chi connectivity index (χ1) is 9.99. The van der Waals surface area contributed by atoms with Gasteiger partial charge in [-0.05, 0) is 25.0 Å². The van der Waals surface area contributed by atoms with Gasteiger partial charge in [0, 0.05) is 17.7 Å². The number of rotatable bonds is 3. The molecule has 2 rings (SSSR count). The van der Waals surface area contributed by atoms with Crippen LogP contribution < -0.4 is 10.9 Å². The van der Waals surface area contributed by atoms with Gasteiger partial charge < -0.3 is 4.74 Å². The fourth-order valence-electron chi connectivity index (χ4n) is 1.90. The van der Waals surface area contributed by atoms with E-state index in [9.17, 15) is 19.7 Å². The van der Waals surface area contributed by atoms with Gasteiger partial charge in [0.1, 0.15) is 11.7 Å². The molecular formula is C12H12ClN3O5. The Labute approximate surface area is 124 Å². The van der Waals surface area contributed by atoms with Crippen molar-refractivity contribution < 1.29 is 19.2 Å². The molecule has 1 aromatic carbocycles. The molecule has 0 bridgehead atoms. The monoisotopic (exact) mass is 313 g/mol. The quantitative estimate of drug-likeness (QED) is 0.643. The van der Waals surface area contributed by atoms with Crippen LogP contribution in [0, 0.1) is 10.1 Å². The fourth-order valence-corrected chi connectivity index (χ4v) is 2.06. The van der Waals surface area contributed by atoms with E-state index < -0.39 is 28.5 Å². The highest BCUT2D eigenvalue weighted by Gasteiger charge is 2.25. The van der Waals surface area contributed by atoms with Crippen LogP contribution in [-0.4, -0.2) is 29.4 Å². The fraction of sp³-hybridized carbons (Fsp3) is 0.333. The van der Waals surface area contributed by atoms with Gasteiger partial charge in [-0.3, -0.25) is 30.6 Å². The Bertz CT molecular complexity index is 586. The zero-order valence-corrected chi connectivity index (χ0v) is 11.6. The van der Waals surface area contributed by atoms with Crippen LogP contribution in [-0.2, 0) is 9.53 Å². The highest BCUT2D eigenvalue weighted by atomic mass is 35.5. The summed E-state index contributed by atoms with van der Waals surface area (Å²) in [4.78, 5) is 33.7. The van der Waals surface area contributed by atoms with Crippen molar-refractivity contribution in [1.82, 2.24) is 10.9 Å². The molecule has 1 saturated heterocycles. The Morgan fingerprint density at radius 2 is 2.14 bits per heavy atom. The molecule has 0 saturated carbocycles. The van der Waals surface area contributed by atoms with Crippen molar-refractivity contribution in [3.63, 3.8) is 0 Å². The second-order valence-corrected chi connectivity index (χ2v) is 4.80. The van der Waals surface area contributed by atoms with E-state index in [1.165, 1.54) is 12.1 Å². The minimum absolute atomic E-state index is 0.140. The average molecular weight is 314 g/mol. The number of carbonyl (C=O) groups excluding carboxylic acids is 2. The molecular weight excluding hydrogens is 302 g/mol. The van der Waals surface area contributed by atoms with Crippen LogP contribution >= 0.6 is 11.6 Å². The minimum atomic E-state index is -0.801. The van der Waals surface area contributed by atoms with Gasteiger partial charge in [-0.2, -0.15) is 0 Å². The van der Waals surface area contributed by atoms with Gasteiger partial charge in [0.25, 0.3) is 17.5 Å². The van der Waals surface area contributed by atoms with E-state index in [1.807, 2.05) is 0 Å². The normalized spacial score (nSPS) is 17.3. The lowest BCUT2D eigenvalue weighted by Gasteiger charge is -2.11. The van der Waals surface area contributed by atoms with E-state index in [0.717, 1.165) is 12.5 Å². The van der Waals surface area contributed by atoms with E-state index in [1.54, 1.807) is 0 Å². The van der Waals surface area contributed by atoms with Crippen LogP contribution in [0.4, 0.5) is 5.69 Å². The Morgan fingerprint density at radius 3 is 2.76 bits per heavy atom. The second kappa shape index (κ2) is 6.51. The molecule has 1 aliphatic heterocycles. The summed E-state index contributed by atoms with van der Waals surface area (Å²) < 4.78 is 5.14. The molecule has 2 N–H and O–H groups in total. The molecule has 1 heterocycles. The van der Waals surface area contributed by atoms with E-state index in [2.05, 4.69) is 10.9 Å². The van der Waals surface area contributed by atoms with Crippen LogP contribution in [0.15, 0.2) is 18.2 Å². The highest BCUT2D eigenvalue weighted by Crippen LogP contribution is 2.22. The third-order valence-corrected chi connectivity index (χ3v) is 3.16. The van der Waals surface area contributed by atoms with Crippen molar-refractivity contribution in [3.05, 3.63) is 38.9 Å². The van der Waals surface area contributed by atoms with Crippen LogP contribution in [0.1, 0.15) is 23.2 Å². The molecule has 0 radical (unpaired) electrons. The zero-order chi connectivity index (χ0) is 15.4. The van der Waals surface area contributed by atoms with Crippen molar-refractivity contribution in [3.8, 4) is 0 Å². The van der Waals surface area contributed by atoms with Crippen molar-refractivity contribution in [1.29, 1.82) is 0 Å². The van der Waals surface area contributed by atoms with Gasteiger partial charge in [0.2, 0.25) is 0 Å². The smallest absolute Gasteiger partial charge is 0.283 e. The molecule has 1 aliphatic rings. The van der Waals surface area contributed by atoms with Crippen molar-refractivity contribution in [2.75, 3.05) is 6.61 Å². The summed E-state index contributed by atoms with van der Waals surface area (Å²) in [6.07, 6.45) is 0.739. The number of amides is 2. The topological polar surface area (TPSA) is 111 Å². The molecule has 0 aromatic heterocycles. The second-order valence-electron chi connectivity index (χ2n) is 4.36. The maximum atomic E-state index is 11.9. The summed E-state index contributed by atoms with van der Waals surface area (Å²) in [6.45, 7) is 0.495. The number of nitrogens with one attached hydrogen (secondary N) is 2. The number of hydrogen-bond donors (Lipinski definition) is 2. The third kappa shape index (κ3) is 3.67. The van der Waals surface area contributed by atoms with Crippen LogP contribution in [0.5, 0.6) is 0 Å². The van der Waals surface area contributed by atoms with Gasteiger partial charge in [-0.15, -0.1) is 0 Å². The molecule has 0 aliphatic carbocycles. The molecule has 1 atom stereocenters. The zero-order valence-electron chi connectivity index (χ0n) is 10.8. The molecule has 21 heavy (non-hydrogen) atoms. The number of hydrazine groups is 1. The van der Waals surface area contributed by atoms with Gasteiger partial charge in [0.15, 0.2) is 0 Å². The lowest BCUT2D eigenvalue weighted by molar-refractivity contribution is -0.385. The summed E-state index contributed by atoms with van der Waals surface area (Å²) in [5.41, 5.74) is 3.67. The summed E-state index contributed by atoms with van der Waals surface area (Å²) in [5.74, 6) is -1.29. The summed E-state index contributed by atoms with van der Waals surface area (Å²) in [5, 5.41) is 11.0. The number of carbonyl (C=O) groups is 2. The number of benzene rings is 1. The molecule has 9 heteroatoms. The number of nitrogens with zero attached hydrogens (tertiary/aromatic N) is 1. The number of halogens is 1. The van der Waals surface area contributed by atoms with E-state index in [0.29, 0.717) is 13.0 Å². The molecule has 1 fully saturated rings. The maximum Gasteiger partial charge on any atom is 0.283 e. The number of nitro benzene ring substituents is 1. The lowest BCUT2D eigenvalue weighted by atomic mass is 10.1. The number of ether oxygens (including phenoxy) is 1. The molecule has 112 valence electrons. The van der Waals surface area contributed by atoms with Crippen molar-refractivity contribution in [2.45, 2.75) is 18.9 Å². The Hall–Kier alpha value is -2.19. The lowest BCUT2D eigenvalue weighted by Crippen LogP contribution is -2.46. The van der Waals surface area contributed by atoms with Gasteiger partial charge in [0.05, 0.1) is 4.92 Å². The predicted molar refractivity (Wildman–Crippen MR) is 72.7 cm³/mol. The van der Waals surface area contributed by atoms with Gasteiger partial charge in [-0.25, -0.2) is 0 Å². The maximum absolute atomic E-state index is 11.9. The van der Waals surface area contributed by atoms with Crippen LogP contribution in [0.2, 0.25) is 5.02 Å². The average Bonchev–Trinajstić information content (AvgIpc) is 2.98. The molecule has 1 aromatic rings. The highest BCUT2D eigenvalue weighted by molar-refractivity contribution is 6.31. The largest absolute Gasteiger partial charge is 0.368 e.